The molecule has 0 aliphatic carbocycles. The van der Waals surface area contributed by atoms with Gasteiger partial charge in [-0.1, -0.05) is 17.3 Å². The van der Waals surface area contributed by atoms with Crippen molar-refractivity contribution in [3.8, 4) is 0 Å². The van der Waals surface area contributed by atoms with Gasteiger partial charge in [0.25, 0.3) is 0 Å². The molecule has 1 amide bonds. The summed E-state index contributed by atoms with van der Waals surface area (Å²) in [6.07, 6.45) is 0.309. The number of piperazine rings is 1. The molecule has 19 heavy (non-hydrogen) atoms. The summed E-state index contributed by atoms with van der Waals surface area (Å²) >= 11 is 0. The lowest BCUT2D eigenvalue weighted by atomic mass is 10.1. The number of hydrogen-bond donors (Lipinski definition) is 1. The highest BCUT2D eigenvalue weighted by atomic mass is 16.5. The lowest BCUT2D eigenvalue weighted by Gasteiger charge is -2.31. The smallest absolute Gasteiger partial charge is 0.228 e. The van der Waals surface area contributed by atoms with Crippen LogP contribution < -0.4 is 5.32 Å². The number of nitrogens with one attached hydrogen (secondary N) is 1. The maximum Gasteiger partial charge on any atom is 0.228 e. The molecule has 3 rings (SSSR count). The maximum atomic E-state index is 12.3. The van der Waals surface area contributed by atoms with E-state index in [0.29, 0.717) is 12.5 Å². The zero-order chi connectivity index (χ0) is 13.2. The van der Waals surface area contributed by atoms with Crippen LogP contribution in [0.4, 0.5) is 0 Å². The van der Waals surface area contributed by atoms with E-state index in [9.17, 15) is 4.79 Å². The van der Waals surface area contributed by atoms with Crippen molar-refractivity contribution < 1.29 is 9.32 Å². The van der Waals surface area contributed by atoms with Crippen LogP contribution in [0.1, 0.15) is 12.6 Å². The van der Waals surface area contributed by atoms with E-state index < -0.39 is 0 Å². The number of amides is 1. The van der Waals surface area contributed by atoms with Gasteiger partial charge in [-0.2, -0.15) is 0 Å². The summed E-state index contributed by atoms with van der Waals surface area (Å²) in [5.41, 5.74) is 1.46. The molecule has 1 aliphatic heterocycles. The summed E-state index contributed by atoms with van der Waals surface area (Å²) in [6.45, 7) is 4.46. The molecule has 1 aliphatic rings. The van der Waals surface area contributed by atoms with Crippen LogP contribution in [0.3, 0.4) is 0 Å². The first-order valence-electron chi connectivity index (χ1n) is 6.58. The summed E-state index contributed by atoms with van der Waals surface area (Å²) in [5.74, 6) is 0.118. The van der Waals surface area contributed by atoms with Gasteiger partial charge in [0.1, 0.15) is 5.69 Å². The SMILES string of the molecule is C[C@H]1CN(C(=O)Cc2noc3ccccc23)CCN1. The fourth-order valence-electron chi connectivity index (χ4n) is 2.48. The zero-order valence-electron chi connectivity index (χ0n) is 10.9. The highest BCUT2D eigenvalue weighted by molar-refractivity contribution is 5.86. The molecular formula is C14H17N3O2. The molecule has 1 aromatic carbocycles. The first-order chi connectivity index (χ1) is 9.24. The number of fused-ring (bicyclic) bond motifs is 1. The van der Waals surface area contributed by atoms with Gasteiger partial charge >= 0.3 is 0 Å². The molecule has 2 heterocycles. The predicted octanol–water partition coefficient (Wildman–Crippen LogP) is 1.19. The third kappa shape index (κ3) is 2.46. The zero-order valence-corrected chi connectivity index (χ0v) is 10.9. The molecule has 1 fully saturated rings. The molecule has 1 atom stereocenters. The fraction of sp³-hybridized carbons (Fsp3) is 0.429. The normalized spacial score (nSPS) is 19.8. The van der Waals surface area contributed by atoms with Crippen molar-refractivity contribution in [3.63, 3.8) is 0 Å². The third-order valence-electron chi connectivity index (χ3n) is 3.49. The predicted molar refractivity (Wildman–Crippen MR) is 71.8 cm³/mol. The number of nitrogens with zero attached hydrogens (tertiary/aromatic N) is 2. The third-order valence-corrected chi connectivity index (χ3v) is 3.49. The van der Waals surface area contributed by atoms with Crippen LogP contribution in [0.2, 0.25) is 0 Å². The quantitative estimate of drug-likeness (QED) is 0.880. The second-order valence-electron chi connectivity index (χ2n) is 5.00. The molecule has 100 valence electrons. The van der Waals surface area contributed by atoms with Crippen molar-refractivity contribution in [1.82, 2.24) is 15.4 Å². The van der Waals surface area contributed by atoms with E-state index in [1.165, 1.54) is 0 Å². The lowest BCUT2D eigenvalue weighted by Crippen LogP contribution is -2.51. The fourth-order valence-corrected chi connectivity index (χ4v) is 2.48. The first-order valence-corrected chi connectivity index (χ1v) is 6.58. The number of para-hydroxylation sites is 1. The molecule has 1 N–H and O–H groups in total. The minimum atomic E-state index is 0.118. The monoisotopic (exact) mass is 259 g/mol. The summed E-state index contributed by atoms with van der Waals surface area (Å²) in [6, 6.07) is 7.99. The molecule has 1 aromatic heterocycles. The summed E-state index contributed by atoms with van der Waals surface area (Å²) in [7, 11) is 0. The van der Waals surface area contributed by atoms with Crippen molar-refractivity contribution in [2.24, 2.45) is 0 Å². The van der Waals surface area contributed by atoms with Crippen LogP contribution in [-0.2, 0) is 11.2 Å². The Morgan fingerprint density at radius 2 is 2.37 bits per heavy atom. The molecule has 1 saturated heterocycles. The van der Waals surface area contributed by atoms with Crippen LogP contribution >= 0.6 is 0 Å². The Bertz CT molecular complexity index is 593. The Morgan fingerprint density at radius 3 is 3.21 bits per heavy atom. The highest BCUT2D eigenvalue weighted by Gasteiger charge is 2.22. The van der Waals surface area contributed by atoms with Gasteiger partial charge < -0.3 is 14.7 Å². The Balaban J connectivity index is 1.75. The molecule has 0 bridgehead atoms. The van der Waals surface area contributed by atoms with Crippen molar-refractivity contribution >= 4 is 16.9 Å². The topological polar surface area (TPSA) is 58.4 Å². The van der Waals surface area contributed by atoms with Gasteiger partial charge in [0.2, 0.25) is 5.91 Å². The van der Waals surface area contributed by atoms with Gasteiger partial charge in [-0.25, -0.2) is 0 Å². The summed E-state index contributed by atoms with van der Waals surface area (Å²) < 4.78 is 5.23. The van der Waals surface area contributed by atoms with Gasteiger partial charge in [-0.3, -0.25) is 4.79 Å². The van der Waals surface area contributed by atoms with Gasteiger partial charge in [-0.15, -0.1) is 0 Å². The molecule has 2 aromatic rings. The molecule has 0 spiro atoms. The molecule has 0 saturated carbocycles. The van der Waals surface area contributed by atoms with Crippen LogP contribution in [0.5, 0.6) is 0 Å². The largest absolute Gasteiger partial charge is 0.356 e. The maximum absolute atomic E-state index is 12.3. The average Bonchev–Trinajstić information content (AvgIpc) is 2.82. The molecule has 0 unspecified atom stereocenters. The first kappa shape index (κ1) is 12.2. The van der Waals surface area contributed by atoms with Crippen molar-refractivity contribution in [3.05, 3.63) is 30.0 Å². The Morgan fingerprint density at radius 1 is 1.53 bits per heavy atom. The minimum Gasteiger partial charge on any atom is -0.356 e. The molecule has 0 radical (unpaired) electrons. The van der Waals surface area contributed by atoms with Crippen LogP contribution in [0.25, 0.3) is 11.0 Å². The Labute approximate surface area is 111 Å². The standard InChI is InChI=1S/C14H17N3O2/c1-10-9-17(7-6-15-10)14(18)8-12-11-4-2-3-5-13(11)19-16-12/h2-5,10,15H,6-9H2,1H3/t10-/m0/s1. The molecular weight excluding hydrogens is 242 g/mol. The second kappa shape index (κ2) is 5.01. The number of carbonyl (C=O) groups excluding carboxylic acids is 1. The van der Waals surface area contributed by atoms with E-state index in [0.717, 1.165) is 36.3 Å². The van der Waals surface area contributed by atoms with Gasteiger partial charge in [0.15, 0.2) is 5.58 Å². The van der Waals surface area contributed by atoms with Crippen LogP contribution in [0.15, 0.2) is 28.8 Å². The van der Waals surface area contributed by atoms with E-state index in [1.54, 1.807) is 0 Å². The lowest BCUT2D eigenvalue weighted by molar-refractivity contribution is -0.131. The van der Waals surface area contributed by atoms with Crippen molar-refractivity contribution in [1.29, 1.82) is 0 Å². The van der Waals surface area contributed by atoms with Crippen molar-refractivity contribution in [2.45, 2.75) is 19.4 Å². The number of hydrogen-bond acceptors (Lipinski definition) is 4. The van der Waals surface area contributed by atoms with E-state index in [4.69, 9.17) is 4.52 Å². The molecule has 5 nitrogen and oxygen atoms in total. The summed E-state index contributed by atoms with van der Waals surface area (Å²) in [4.78, 5) is 14.2. The number of benzene rings is 1. The average molecular weight is 259 g/mol. The Kier molecular flexibility index (Phi) is 3.21. The van der Waals surface area contributed by atoms with Crippen LogP contribution in [0, 0.1) is 0 Å². The van der Waals surface area contributed by atoms with E-state index >= 15 is 0 Å². The van der Waals surface area contributed by atoms with E-state index in [-0.39, 0.29) is 5.91 Å². The van der Waals surface area contributed by atoms with Crippen molar-refractivity contribution in [2.75, 3.05) is 19.6 Å². The number of rotatable bonds is 2. The molecule has 5 heteroatoms. The number of aromatic nitrogens is 1. The van der Waals surface area contributed by atoms with E-state index in [2.05, 4.69) is 17.4 Å². The number of carbonyl (C=O) groups is 1. The minimum absolute atomic E-state index is 0.118. The van der Waals surface area contributed by atoms with Gasteiger partial charge in [0.05, 0.1) is 6.42 Å². The highest BCUT2D eigenvalue weighted by Crippen LogP contribution is 2.18. The van der Waals surface area contributed by atoms with E-state index in [1.807, 2.05) is 29.2 Å². The second-order valence-corrected chi connectivity index (χ2v) is 5.00. The summed E-state index contributed by atoms with van der Waals surface area (Å²) in [5, 5.41) is 8.27. The van der Waals surface area contributed by atoms with Gasteiger partial charge in [0, 0.05) is 31.1 Å². The Hall–Kier alpha value is -1.88. The van der Waals surface area contributed by atoms with Gasteiger partial charge in [-0.05, 0) is 19.1 Å². The van der Waals surface area contributed by atoms with Crippen LogP contribution in [-0.4, -0.2) is 41.6 Å².